The maximum Gasteiger partial charge on any atom is 0.325 e. The van der Waals surface area contributed by atoms with Gasteiger partial charge in [-0.1, -0.05) is 12.8 Å². The molecule has 1 aliphatic carbocycles. The van der Waals surface area contributed by atoms with E-state index in [4.69, 9.17) is 0 Å². The van der Waals surface area contributed by atoms with Crippen LogP contribution in [0.1, 0.15) is 39.5 Å². The molecule has 0 aromatic heterocycles. The third-order valence-corrected chi connectivity index (χ3v) is 4.18. The van der Waals surface area contributed by atoms with E-state index in [-0.39, 0.29) is 24.5 Å². The smallest absolute Gasteiger partial charge is 0.325 e. The van der Waals surface area contributed by atoms with Crippen LogP contribution in [-0.4, -0.2) is 52.6 Å². The van der Waals surface area contributed by atoms with Crippen molar-refractivity contribution in [1.82, 2.24) is 15.5 Å². The maximum atomic E-state index is 12.0. The van der Waals surface area contributed by atoms with E-state index in [2.05, 4.69) is 10.6 Å². The van der Waals surface area contributed by atoms with E-state index in [1.807, 2.05) is 0 Å². The highest BCUT2D eigenvalue weighted by molar-refractivity contribution is 6.08. The molecule has 7 heteroatoms. The fraction of sp³-hybridized carbons (Fsp3) is 0.786. The SMILES string of the molecule is CC1(C)NC(=O)N(CC(=O)NCC2CCCCC2O)C1=O. The average Bonchev–Trinajstić information content (AvgIpc) is 2.60. The van der Waals surface area contributed by atoms with Crippen molar-refractivity contribution in [2.24, 2.45) is 5.92 Å². The summed E-state index contributed by atoms with van der Waals surface area (Å²) in [7, 11) is 0. The number of amides is 4. The van der Waals surface area contributed by atoms with Crippen LogP contribution in [-0.2, 0) is 9.59 Å². The Morgan fingerprint density at radius 2 is 2.05 bits per heavy atom. The molecule has 1 saturated carbocycles. The molecule has 2 aliphatic rings. The molecule has 7 nitrogen and oxygen atoms in total. The number of aliphatic hydroxyl groups is 1. The molecule has 1 aliphatic heterocycles. The van der Waals surface area contributed by atoms with Crippen LogP contribution < -0.4 is 10.6 Å². The molecule has 3 N–H and O–H groups in total. The molecule has 118 valence electrons. The normalized spacial score (nSPS) is 28.4. The summed E-state index contributed by atoms with van der Waals surface area (Å²) >= 11 is 0. The molecule has 1 saturated heterocycles. The predicted octanol–water partition coefficient (Wildman–Crippen LogP) is -0.0159. The van der Waals surface area contributed by atoms with E-state index in [1.54, 1.807) is 13.8 Å². The number of hydrogen-bond donors (Lipinski definition) is 3. The van der Waals surface area contributed by atoms with Gasteiger partial charge >= 0.3 is 6.03 Å². The molecule has 2 atom stereocenters. The van der Waals surface area contributed by atoms with Gasteiger partial charge in [0.05, 0.1) is 6.10 Å². The van der Waals surface area contributed by atoms with Gasteiger partial charge in [-0.05, 0) is 26.7 Å². The number of nitrogens with zero attached hydrogens (tertiary/aromatic N) is 1. The third-order valence-electron chi connectivity index (χ3n) is 4.18. The Hall–Kier alpha value is -1.63. The molecule has 0 spiro atoms. The molecular weight excluding hydrogens is 274 g/mol. The first-order valence-electron chi connectivity index (χ1n) is 7.40. The first-order chi connectivity index (χ1) is 9.81. The summed E-state index contributed by atoms with van der Waals surface area (Å²) in [4.78, 5) is 36.4. The number of hydrogen-bond acceptors (Lipinski definition) is 4. The zero-order valence-corrected chi connectivity index (χ0v) is 12.5. The summed E-state index contributed by atoms with van der Waals surface area (Å²) in [5, 5.41) is 15.1. The van der Waals surface area contributed by atoms with Crippen molar-refractivity contribution in [3.05, 3.63) is 0 Å². The van der Waals surface area contributed by atoms with Crippen molar-refractivity contribution in [2.75, 3.05) is 13.1 Å². The Kier molecular flexibility index (Phi) is 4.51. The quantitative estimate of drug-likeness (QED) is 0.635. The van der Waals surface area contributed by atoms with Crippen molar-refractivity contribution in [3.63, 3.8) is 0 Å². The fourth-order valence-electron chi connectivity index (χ4n) is 2.83. The number of imide groups is 1. The van der Waals surface area contributed by atoms with E-state index >= 15 is 0 Å². The Morgan fingerprint density at radius 1 is 1.38 bits per heavy atom. The lowest BCUT2D eigenvalue weighted by Crippen LogP contribution is -2.45. The van der Waals surface area contributed by atoms with E-state index in [0.29, 0.717) is 6.54 Å². The van der Waals surface area contributed by atoms with Gasteiger partial charge in [0.15, 0.2) is 0 Å². The number of carbonyl (C=O) groups excluding carboxylic acids is 3. The van der Waals surface area contributed by atoms with E-state index in [1.165, 1.54) is 0 Å². The van der Waals surface area contributed by atoms with Crippen LogP contribution in [0.3, 0.4) is 0 Å². The van der Waals surface area contributed by atoms with Gasteiger partial charge in [-0.3, -0.25) is 14.5 Å². The van der Waals surface area contributed by atoms with Crippen LogP contribution in [0.2, 0.25) is 0 Å². The lowest BCUT2D eigenvalue weighted by molar-refractivity contribution is -0.134. The second-order valence-corrected chi connectivity index (χ2v) is 6.36. The van der Waals surface area contributed by atoms with Crippen LogP contribution in [0.4, 0.5) is 4.79 Å². The summed E-state index contributed by atoms with van der Waals surface area (Å²) in [5.74, 6) is -0.725. The molecule has 1 heterocycles. The molecule has 0 aromatic carbocycles. The van der Waals surface area contributed by atoms with Gasteiger partial charge in [0.25, 0.3) is 5.91 Å². The molecule has 0 bridgehead atoms. The number of urea groups is 1. The van der Waals surface area contributed by atoms with Crippen molar-refractivity contribution in [3.8, 4) is 0 Å². The van der Waals surface area contributed by atoms with Crippen LogP contribution in [0.5, 0.6) is 0 Å². The van der Waals surface area contributed by atoms with Crippen molar-refractivity contribution < 1.29 is 19.5 Å². The molecular formula is C14H23N3O4. The second kappa shape index (κ2) is 6.01. The third kappa shape index (κ3) is 3.53. The summed E-state index contributed by atoms with van der Waals surface area (Å²) in [6.45, 7) is 3.30. The van der Waals surface area contributed by atoms with Crippen LogP contribution in [0, 0.1) is 5.92 Å². The fourth-order valence-corrected chi connectivity index (χ4v) is 2.83. The molecule has 2 rings (SSSR count). The van der Waals surface area contributed by atoms with Gasteiger partial charge < -0.3 is 15.7 Å². The van der Waals surface area contributed by atoms with Gasteiger partial charge in [0, 0.05) is 12.5 Å². The van der Waals surface area contributed by atoms with Crippen molar-refractivity contribution >= 4 is 17.8 Å². The van der Waals surface area contributed by atoms with E-state index in [0.717, 1.165) is 30.6 Å². The molecule has 21 heavy (non-hydrogen) atoms. The molecule has 0 radical (unpaired) electrons. The first kappa shape index (κ1) is 15.8. The van der Waals surface area contributed by atoms with Crippen molar-refractivity contribution in [2.45, 2.75) is 51.2 Å². The minimum atomic E-state index is -0.961. The lowest BCUT2D eigenvalue weighted by atomic mass is 9.86. The average molecular weight is 297 g/mol. The van der Waals surface area contributed by atoms with E-state index in [9.17, 15) is 19.5 Å². The summed E-state index contributed by atoms with van der Waals surface area (Å²) < 4.78 is 0. The van der Waals surface area contributed by atoms with Gasteiger partial charge in [0.2, 0.25) is 5.91 Å². The zero-order chi connectivity index (χ0) is 15.6. The van der Waals surface area contributed by atoms with Gasteiger partial charge in [-0.25, -0.2) is 4.79 Å². The number of nitrogens with one attached hydrogen (secondary N) is 2. The highest BCUT2D eigenvalue weighted by Crippen LogP contribution is 2.23. The summed E-state index contributed by atoms with van der Waals surface area (Å²) in [5.41, 5.74) is -0.961. The maximum absolute atomic E-state index is 12.0. The summed E-state index contributed by atoms with van der Waals surface area (Å²) in [6, 6.07) is -0.544. The predicted molar refractivity (Wildman–Crippen MR) is 75.3 cm³/mol. The number of carbonyl (C=O) groups is 3. The van der Waals surface area contributed by atoms with Crippen molar-refractivity contribution in [1.29, 1.82) is 0 Å². The standard InChI is InChI=1S/C14H23N3O4/c1-14(2)12(20)17(13(21)16-14)8-11(19)15-7-9-5-3-4-6-10(9)18/h9-10,18H,3-8H2,1-2H3,(H,15,19)(H,16,21). The van der Waals surface area contributed by atoms with E-state index < -0.39 is 17.5 Å². The second-order valence-electron chi connectivity index (χ2n) is 6.36. The molecule has 0 aromatic rings. The zero-order valence-electron chi connectivity index (χ0n) is 12.5. The van der Waals surface area contributed by atoms with Crippen LogP contribution in [0.15, 0.2) is 0 Å². The first-order valence-corrected chi connectivity index (χ1v) is 7.40. The molecule has 2 unspecified atom stereocenters. The Morgan fingerprint density at radius 3 is 2.62 bits per heavy atom. The van der Waals surface area contributed by atoms with Gasteiger partial charge in [0.1, 0.15) is 12.1 Å². The Bertz CT molecular complexity index is 450. The topological polar surface area (TPSA) is 98.7 Å². The Labute approximate surface area is 124 Å². The Balaban J connectivity index is 1.82. The van der Waals surface area contributed by atoms with Gasteiger partial charge in [-0.2, -0.15) is 0 Å². The lowest BCUT2D eigenvalue weighted by Gasteiger charge is -2.27. The number of aliphatic hydroxyl groups excluding tert-OH is 1. The monoisotopic (exact) mass is 297 g/mol. The number of rotatable bonds is 4. The van der Waals surface area contributed by atoms with Crippen LogP contribution >= 0.6 is 0 Å². The highest BCUT2D eigenvalue weighted by Gasteiger charge is 2.44. The molecule has 2 fully saturated rings. The summed E-state index contributed by atoms with van der Waals surface area (Å²) in [6.07, 6.45) is 3.34. The minimum absolute atomic E-state index is 0.0576. The van der Waals surface area contributed by atoms with Gasteiger partial charge in [-0.15, -0.1) is 0 Å². The molecule has 4 amide bonds. The highest BCUT2D eigenvalue weighted by atomic mass is 16.3. The minimum Gasteiger partial charge on any atom is -0.393 e. The van der Waals surface area contributed by atoms with Crippen LogP contribution in [0.25, 0.3) is 0 Å². The largest absolute Gasteiger partial charge is 0.393 e.